The molecule has 0 bridgehead atoms. The van der Waals surface area contributed by atoms with Crippen molar-refractivity contribution in [1.82, 2.24) is 4.90 Å². The molecule has 0 saturated carbocycles. The van der Waals surface area contributed by atoms with E-state index in [1.54, 1.807) is 24.3 Å². The van der Waals surface area contributed by atoms with Gasteiger partial charge in [0.15, 0.2) is 0 Å². The molecule has 1 aromatic rings. The van der Waals surface area contributed by atoms with E-state index in [-0.39, 0.29) is 11.9 Å². The molecule has 1 aliphatic rings. The summed E-state index contributed by atoms with van der Waals surface area (Å²) in [6.07, 6.45) is 1.97. The molecule has 0 radical (unpaired) electrons. The molecule has 1 fully saturated rings. The van der Waals surface area contributed by atoms with Crippen molar-refractivity contribution in [3.8, 4) is 6.07 Å². The van der Waals surface area contributed by atoms with E-state index in [0.29, 0.717) is 30.9 Å². The van der Waals surface area contributed by atoms with Crippen LogP contribution >= 0.6 is 0 Å². The highest BCUT2D eigenvalue weighted by Crippen LogP contribution is 2.16. The lowest BCUT2D eigenvalue weighted by atomic mass is 10.1. The minimum atomic E-state index is -0.00106. The van der Waals surface area contributed by atoms with Crippen LogP contribution in [0.25, 0.3) is 0 Å². The first-order valence-corrected chi connectivity index (χ1v) is 6.65. The molecule has 1 amide bonds. The Hall–Kier alpha value is -1.86. The molecule has 1 atom stereocenters. The van der Waals surface area contributed by atoms with Gasteiger partial charge in [0.1, 0.15) is 0 Å². The first-order valence-electron chi connectivity index (χ1n) is 6.65. The molecule has 4 nitrogen and oxygen atoms in total. The molecule has 0 aromatic heterocycles. The average Bonchev–Trinajstić information content (AvgIpc) is 2.47. The van der Waals surface area contributed by atoms with Gasteiger partial charge in [-0.15, -0.1) is 0 Å². The van der Waals surface area contributed by atoms with Crippen molar-refractivity contribution in [2.24, 2.45) is 0 Å². The molecule has 4 heteroatoms. The second kappa shape index (κ2) is 6.35. The average molecular weight is 258 g/mol. The third-order valence-electron chi connectivity index (χ3n) is 3.35. The Bertz CT molecular complexity index is 491. The fraction of sp³-hybridized carbons (Fsp3) is 0.467. The number of nitrogens with zero attached hydrogens (tertiary/aromatic N) is 2. The first-order chi connectivity index (χ1) is 9.26. The van der Waals surface area contributed by atoms with Crippen molar-refractivity contribution < 1.29 is 9.53 Å². The molecule has 0 unspecified atom stereocenters. The van der Waals surface area contributed by atoms with Crippen LogP contribution < -0.4 is 0 Å². The zero-order valence-electron chi connectivity index (χ0n) is 11.1. The Morgan fingerprint density at radius 2 is 2.42 bits per heavy atom. The lowest BCUT2D eigenvalue weighted by Gasteiger charge is -2.35. The number of carbonyl (C=O) groups is 1. The quantitative estimate of drug-likeness (QED) is 0.835. The summed E-state index contributed by atoms with van der Waals surface area (Å²) in [5, 5.41) is 8.90. The first kappa shape index (κ1) is 13.6. The summed E-state index contributed by atoms with van der Waals surface area (Å²) < 4.78 is 5.45. The van der Waals surface area contributed by atoms with Crippen LogP contribution in [0.2, 0.25) is 0 Å². The second-order valence-electron chi connectivity index (χ2n) is 4.71. The predicted molar refractivity (Wildman–Crippen MR) is 71.7 cm³/mol. The van der Waals surface area contributed by atoms with Gasteiger partial charge in [-0.25, -0.2) is 0 Å². The van der Waals surface area contributed by atoms with Crippen molar-refractivity contribution in [3.63, 3.8) is 0 Å². The number of morpholine rings is 1. The van der Waals surface area contributed by atoms with E-state index in [0.717, 1.165) is 12.8 Å². The summed E-state index contributed by atoms with van der Waals surface area (Å²) >= 11 is 0. The Balaban J connectivity index is 2.18. The van der Waals surface area contributed by atoms with Gasteiger partial charge in [-0.05, 0) is 24.6 Å². The minimum absolute atomic E-state index is 0.00106. The predicted octanol–water partition coefficient (Wildman–Crippen LogP) is 2.20. The van der Waals surface area contributed by atoms with Crippen LogP contribution in [0.1, 0.15) is 35.7 Å². The SMILES string of the molecule is CCC[C@@H]1COCCN1C(=O)c1cccc(C#N)c1. The number of ether oxygens (including phenoxy) is 1. The Labute approximate surface area is 113 Å². The van der Waals surface area contributed by atoms with Crippen molar-refractivity contribution in [2.75, 3.05) is 19.8 Å². The molecule has 19 heavy (non-hydrogen) atoms. The van der Waals surface area contributed by atoms with Crippen molar-refractivity contribution >= 4 is 5.91 Å². The van der Waals surface area contributed by atoms with E-state index in [9.17, 15) is 4.79 Å². The fourth-order valence-electron chi connectivity index (χ4n) is 2.38. The maximum absolute atomic E-state index is 12.5. The molecule has 1 aliphatic heterocycles. The summed E-state index contributed by atoms with van der Waals surface area (Å²) in [6.45, 7) is 3.93. The zero-order chi connectivity index (χ0) is 13.7. The highest BCUT2D eigenvalue weighted by Gasteiger charge is 2.27. The van der Waals surface area contributed by atoms with E-state index < -0.39 is 0 Å². The largest absolute Gasteiger partial charge is 0.377 e. The Kier molecular flexibility index (Phi) is 4.53. The van der Waals surface area contributed by atoms with Gasteiger partial charge in [0, 0.05) is 12.1 Å². The normalized spacial score (nSPS) is 18.9. The van der Waals surface area contributed by atoms with Gasteiger partial charge in [0.05, 0.1) is 30.9 Å². The number of hydrogen-bond donors (Lipinski definition) is 0. The highest BCUT2D eigenvalue weighted by atomic mass is 16.5. The Morgan fingerprint density at radius 3 is 3.16 bits per heavy atom. The van der Waals surface area contributed by atoms with Crippen molar-refractivity contribution in [2.45, 2.75) is 25.8 Å². The van der Waals surface area contributed by atoms with Crippen molar-refractivity contribution in [1.29, 1.82) is 5.26 Å². The van der Waals surface area contributed by atoms with Gasteiger partial charge >= 0.3 is 0 Å². The molecule has 1 heterocycles. The molecule has 0 aliphatic carbocycles. The summed E-state index contributed by atoms with van der Waals surface area (Å²) in [6, 6.07) is 9.09. The van der Waals surface area contributed by atoms with E-state index >= 15 is 0 Å². The van der Waals surface area contributed by atoms with Gasteiger partial charge in [0.2, 0.25) is 0 Å². The second-order valence-corrected chi connectivity index (χ2v) is 4.71. The molecule has 0 N–H and O–H groups in total. The van der Waals surface area contributed by atoms with Crippen LogP contribution in [-0.4, -0.2) is 36.6 Å². The van der Waals surface area contributed by atoms with E-state index in [1.807, 2.05) is 4.90 Å². The zero-order valence-corrected chi connectivity index (χ0v) is 11.1. The molecular formula is C15H18N2O2. The van der Waals surface area contributed by atoms with E-state index in [1.165, 1.54) is 0 Å². The summed E-state index contributed by atoms with van der Waals surface area (Å²) in [7, 11) is 0. The van der Waals surface area contributed by atoms with Crippen LogP contribution in [0.4, 0.5) is 0 Å². The number of carbonyl (C=O) groups excluding carboxylic acids is 1. The third kappa shape index (κ3) is 3.12. The van der Waals surface area contributed by atoms with Crippen LogP contribution in [0.15, 0.2) is 24.3 Å². The third-order valence-corrected chi connectivity index (χ3v) is 3.35. The van der Waals surface area contributed by atoms with Crippen LogP contribution in [0, 0.1) is 11.3 Å². The minimum Gasteiger partial charge on any atom is -0.377 e. The summed E-state index contributed by atoms with van der Waals surface area (Å²) in [4.78, 5) is 14.4. The highest BCUT2D eigenvalue weighted by molar-refractivity contribution is 5.94. The number of benzene rings is 1. The van der Waals surface area contributed by atoms with Crippen LogP contribution in [0.5, 0.6) is 0 Å². The molecular weight excluding hydrogens is 240 g/mol. The molecule has 0 spiro atoms. The van der Waals surface area contributed by atoms with E-state index in [4.69, 9.17) is 10.00 Å². The molecule has 1 saturated heterocycles. The van der Waals surface area contributed by atoms with E-state index in [2.05, 4.69) is 13.0 Å². The standard InChI is InChI=1S/C15H18N2O2/c1-2-4-14-11-19-8-7-17(14)15(18)13-6-3-5-12(9-13)10-16/h3,5-6,9,14H,2,4,7-8,11H2,1H3/t14-/m1/s1. The topological polar surface area (TPSA) is 53.3 Å². The smallest absolute Gasteiger partial charge is 0.254 e. The number of hydrogen-bond acceptors (Lipinski definition) is 3. The maximum atomic E-state index is 12.5. The lowest BCUT2D eigenvalue weighted by molar-refractivity contribution is -0.00433. The fourth-order valence-corrected chi connectivity index (χ4v) is 2.38. The number of nitriles is 1. The van der Waals surface area contributed by atoms with Gasteiger partial charge in [-0.2, -0.15) is 5.26 Å². The van der Waals surface area contributed by atoms with Gasteiger partial charge < -0.3 is 9.64 Å². The van der Waals surface area contributed by atoms with Crippen molar-refractivity contribution in [3.05, 3.63) is 35.4 Å². The number of rotatable bonds is 3. The molecule has 2 rings (SSSR count). The van der Waals surface area contributed by atoms with Gasteiger partial charge in [-0.1, -0.05) is 19.4 Å². The maximum Gasteiger partial charge on any atom is 0.254 e. The van der Waals surface area contributed by atoms with Gasteiger partial charge in [-0.3, -0.25) is 4.79 Å². The summed E-state index contributed by atoms with van der Waals surface area (Å²) in [5.41, 5.74) is 1.10. The lowest BCUT2D eigenvalue weighted by Crippen LogP contribution is -2.48. The summed E-state index contributed by atoms with van der Waals surface area (Å²) in [5.74, 6) is -0.00106. The monoisotopic (exact) mass is 258 g/mol. The van der Waals surface area contributed by atoms with Gasteiger partial charge in [0.25, 0.3) is 5.91 Å². The van der Waals surface area contributed by atoms with Crippen LogP contribution in [0.3, 0.4) is 0 Å². The Morgan fingerprint density at radius 1 is 1.58 bits per heavy atom. The molecule has 1 aromatic carbocycles. The number of amides is 1. The molecule has 100 valence electrons. The van der Waals surface area contributed by atoms with Crippen LogP contribution in [-0.2, 0) is 4.74 Å².